The first-order chi connectivity index (χ1) is 6.57. The molecule has 1 aromatic rings. The molecule has 0 aromatic carbocycles. The Labute approximate surface area is 83.9 Å². The molecular weight excluding hydrogens is 180 g/mol. The van der Waals surface area contributed by atoms with Crippen LogP contribution in [0.15, 0.2) is 0 Å². The Morgan fingerprint density at radius 2 is 2.14 bits per heavy atom. The van der Waals surface area contributed by atoms with Crippen LogP contribution in [0.3, 0.4) is 0 Å². The van der Waals surface area contributed by atoms with Gasteiger partial charge in [-0.3, -0.25) is 4.68 Å². The summed E-state index contributed by atoms with van der Waals surface area (Å²) < 4.78 is 1.75. The highest BCUT2D eigenvalue weighted by molar-refractivity contribution is 5.17. The lowest BCUT2D eigenvalue weighted by atomic mass is 10.0. The normalized spacial score (nSPS) is 13.6. The van der Waals surface area contributed by atoms with Crippen LogP contribution in [0.25, 0.3) is 0 Å². The van der Waals surface area contributed by atoms with Gasteiger partial charge < -0.3 is 10.8 Å². The molecule has 80 valence electrons. The minimum Gasteiger partial charge on any atom is -0.396 e. The summed E-state index contributed by atoms with van der Waals surface area (Å²) in [5, 5.41) is 16.8. The highest BCUT2D eigenvalue weighted by atomic mass is 16.3. The second-order valence-corrected chi connectivity index (χ2v) is 3.76. The van der Waals surface area contributed by atoms with Gasteiger partial charge in [-0.15, -0.1) is 5.10 Å². The number of nitrogens with zero attached hydrogens (tertiary/aromatic N) is 3. The SMILES string of the molecule is CC(C)c1c(C(N)CCO)nnn1C. The number of aliphatic hydroxyl groups is 1. The van der Waals surface area contributed by atoms with Crippen molar-refractivity contribution in [3.63, 3.8) is 0 Å². The lowest BCUT2D eigenvalue weighted by Gasteiger charge is -2.12. The van der Waals surface area contributed by atoms with Gasteiger partial charge in [0, 0.05) is 13.7 Å². The molecule has 0 bridgehead atoms. The molecule has 0 saturated carbocycles. The summed E-state index contributed by atoms with van der Waals surface area (Å²) >= 11 is 0. The molecule has 5 heteroatoms. The second kappa shape index (κ2) is 4.52. The largest absolute Gasteiger partial charge is 0.396 e. The van der Waals surface area contributed by atoms with Crippen LogP contribution in [0, 0.1) is 0 Å². The maximum atomic E-state index is 8.80. The van der Waals surface area contributed by atoms with Crippen LogP contribution in [-0.2, 0) is 7.05 Å². The van der Waals surface area contributed by atoms with Gasteiger partial charge in [0.25, 0.3) is 0 Å². The standard InChI is InChI=1S/C9H18N4O/c1-6(2)9-8(7(10)4-5-14)11-12-13(9)3/h6-7,14H,4-5,10H2,1-3H3. The zero-order valence-corrected chi connectivity index (χ0v) is 8.94. The van der Waals surface area contributed by atoms with E-state index in [2.05, 4.69) is 24.2 Å². The first kappa shape index (κ1) is 11.1. The van der Waals surface area contributed by atoms with E-state index in [4.69, 9.17) is 10.8 Å². The molecule has 0 amide bonds. The zero-order chi connectivity index (χ0) is 10.7. The number of aromatic nitrogens is 3. The molecule has 0 fully saturated rings. The summed E-state index contributed by atoms with van der Waals surface area (Å²) in [6.07, 6.45) is 0.526. The summed E-state index contributed by atoms with van der Waals surface area (Å²) in [5.41, 5.74) is 7.73. The molecule has 1 atom stereocenters. The molecule has 14 heavy (non-hydrogen) atoms. The van der Waals surface area contributed by atoms with Crippen molar-refractivity contribution in [1.29, 1.82) is 0 Å². The van der Waals surface area contributed by atoms with E-state index >= 15 is 0 Å². The molecule has 5 nitrogen and oxygen atoms in total. The van der Waals surface area contributed by atoms with Gasteiger partial charge >= 0.3 is 0 Å². The molecule has 0 radical (unpaired) electrons. The number of nitrogens with two attached hydrogens (primary N) is 1. The Bertz CT molecular complexity index is 295. The first-order valence-corrected chi connectivity index (χ1v) is 4.83. The molecular formula is C9H18N4O. The summed E-state index contributed by atoms with van der Waals surface area (Å²) in [5.74, 6) is 0.342. The Morgan fingerprint density at radius 1 is 1.50 bits per heavy atom. The highest BCUT2D eigenvalue weighted by Crippen LogP contribution is 2.22. The number of aryl methyl sites for hydroxylation is 1. The van der Waals surface area contributed by atoms with Gasteiger partial charge in [0.2, 0.25) is 0 Å². The lowest BCUT2D eigenvalue weighted by molar-refractivity contribution is 0.275. The van der Waals surface area contributed by atoms with E-state index in [9.17, 15) is 0 Å². The monoisotopic (exact) mass is 198 g/mol. The van der Waals surface area contributed by atoms with Crippen molar-refractivity contribution in [2.45, 2.75) is 32.2 Å². The van der Waals surface area contributed by atoms with Crippen LogP contribution in [-0.4, -0.2) is 26.7 Å². The van der Waals surface area contributed by atoms with Gasteiger partial charge in [0.15, 0.2) is 0 Å². The third-order valence-electron chi connectivity index (χ3n) is 2.24. The van der Waals surface area contributed by atoms with Gasteiger partial charge in [-0.2, -0.15) is 0 Å². The van der Waals surface area contributed by atoms with Crippen LogP contribution >= 0.6 is 0 Å². The van der Waals surface area contributed by atoms with Gasteiger partial charge in [-0.1, -0.05) is 19.1 Å². The molecule has 1 unspecified atom stereocenters. The molecule has 3 N–H and O–H groups in total. The molecule has 1 heterocycles. The van der Waals surface area contributed by atoms with Crippen molar-refractivity contribution in [3.8, 4) is 0 Å². The second-order valence-electron chi connectivity index (χ2n) is 3.76. The maximum absolute atomic E-state index is 8.80. The minimum absolute atomic E-state index is 0.0786. The fraction of sp³-hybridized carbons (Fsp3) is 0.778. The van der Waals surface area contributed by atoms with Crippen molar-refractivity contribution in [2.75, 3.05) is 6.61 Å². The van der Waals surface area contributed by atoms with Crippen LogP contribution < -0.4 is 5.73 Å². The fourth-order valence-corrected chi connectivity index (χ4v) is 1.59. The predicted octanol–water partition coefficient (Wildman–Crippen LogP) is 0.321. The van der Waals surface area contributed by atoms with Crippen LogP contribution in [0.1, 0.15) is 43.6 Å². The Kier molecular flexibility index (Phi) is 3.60. The predicted molar refractivity (Wildman–Crippen MR) is 53.7 cm³/mol. The third kappa shape index (κ3) is 2.10. The number of rotatable bonds is 4. The number of hydrogen-bond acceptors (Lipinski definition) is 4. The van der Waals surface area contributed by atoms with E-state index in [1.807, 2.05) is 7.05 Å². The third-order valence-corrected chi connectivity index (χ3v) is 2.24. The highest BCUT2D eigenvalue weighted by Gasteiger charge is 2.19. The molecule has 1 rings (SSSR count). The van der Waals surface area contributed by atoms with Crippen molar-refractivity contribution < 1.29 is 5.11 Å². The van der Waals surface area contributed by atoms with Crippen LogP contribution in [0.5, 0.6) is 0 Å². The van der Waals surface area contributed by atoms with E-state index in [0.29, 0.717) is 12.3 Å². The number of aliphatic hydroxyl groups excluding tert-OH is 1. The van der Waals surface area contributed by atoms with Crippen molar-refractivity contribution in [1.82, 2.24) is 15.0 Å². The Morgan fingerprint density at radius 3 is 2.64 bits per heavy atom. The molecule has 0 spiro atoms. The van der Waals surface area contributed by atoms with Gasteiger partial charge in [0.1, 0.15) is 5.69 Å². The average Bonchev–Trinajstić information content (AvgIpc) is 2.47. The van der Waals surface area contributed by atoms with E-state index in [1.54, 1.807) is 4.68 Å². The van der Waals surface area contributed by atoms with Crippen molar-refractivity contribution in [2.24, 2.45) is 12.8 Å². The van der Waals surface area contributed by atoms with Crippen LogP contribution in [0.4, 0.5) is 0 Å². The van der Waals surface area contributed by atoms with Gasteiger partial charge in [-0.25, -0.2) is 0 Å². The van der Waals surface area contributed by atoms with Crippen molar-refractivity contribution >= 4 is 0 Å². The molecule has 0 aliphatic carbocycles. The van der Waals surface area contributed by atoms with Crippen LogP contribution in [0.2, 0.25) is 0 Å². The zero-order valence-electron chi connectivity index (χ0n) is 8.94. The quantitative estimate of drug-likeness (QED) is 0.730. The maximum Gasteiger partial charge on any atom is 0.103 e. The summed E-state index contributed by atoms with van der Waals surface area (Å²) in [4.78, 5) is 0. The fourth-order valence-electron chi connectivity index (χ4n) is 1.59. The van der Waals surface area contributed by atoms with E-state index < -0.39 is 0 Å². The smallest absolute Gasteiger partial charge is 0.103 e. The van der Waals surface area contributed by atoms with E-state index in [1.165, 1.54) is 0 Å². The Hall–Kier alpha value is -0.940. The number of hydrogen-bond donors (Lipinski definition) is 2. The van der Waals surface area contributed by atoms with Gasteiger partial charge in [0.05, 0.1) is 11.7 Å². The molecule has 0 saturated heterocycles. The minimum atomic E-state index is -0.217. The van der Waals surface area contributed by atoms with E-state index in [-0.39, 0.29) is 12.6 Å². The Balaban J connectivity index is 2.96. The summed E-state index contributed by atoms with van der Waals surface area (Å²) in [6.45, 7) is 4.23. The molecule has 0 aliphatic heterocycles. The van der Waals surface area contributed by atoms with Gasteiger partial charge in [-0.05, 0) is 12.3 Å². The molecule has 1 aromatic heterocycles. The first-order valence-electron chi connectivity index (χ1n) is 4.83. The average molecular weight is 198 g/mol. The summed E-state index contributed by atoms with van der Waals surface area (Å²) in [7, 11) is 1.86. The summed E-state index contributed by atoms with van der Waals surface area (Å²) in [6, 6.07) is -0.217. The van der Waals surface area contributed by atoms with Crippen molar-refractivity contribution in [3.05, 3.63) is 11.4 Å². The lowest BCUT2D eigenvalue weighted by Crippen LogP contribution is -2.15. The molecule has 0 aliphatic rings. The topological polar surface area (TPSA) is 77.0 Å². The van der Waals surface area contributed by atoms with E-state index in [0.717, 1.165) is 11.4 Å².